The maximum atomic E-state index is 13.1. The number of rotatable bonds is 11. The first-order valence-corrected chi connectivity index (χ1v) is 13.6. The van der Waals surface area contributed by atoms with E-state index in [9.17, 15) is 9.59 Å². The van der Waals surface area contributed by atoms with Crippen LogP contribution >= 0.6 is 0 Å². The van der Waals surface area contributed by atoms with Crippen molar-refractivity contribution in [1.29, 1.82) is 0 Å². The highest BCUT2D eigenvalue weighted by molar-refractivity contribution is 5.89. The Hall–Kier alpha value is -3.38. The largest absolute Gasteiger partial charge is 0.493 e. The Bertz CT molecular complexity index is 1330. The van der Waals surface area contributed by atoms with Gasteiger partial charge in [0.15, 0.2) is 5.43 Å². The second-order valence-electron chi connectivity index (χ2n) is 10.7. The van der Waals surface area contributed by atoms with Gasteiger partial charge in [0.25, 0.3) is 0 Å². The van der Waals surface area contributed by atoms with E-state index in [0.717, 1.165) is 53.0 Å². The number of pyridine rings is 1. The minimum atomic E-state index is -0.591. The van der Waals surface area contributed by atoms with Crippen LogP contribution in [0.2, 0.25) is 0 Å². The highest BCUT2D eigenvalue weighted by Gasteiger charge is 2.37. The van der Waals surface area contributed by atoms with Gasteiger partial charge in [0, 0.05) is 29.3 Å². The number of hydrogen-bond acceptors (Lipinski definition) is 5. The molecule has 1 aromatic heterocycles. The smallest absolute Gasteiger partial charge is 0.343 e. The lowest BCUT2D eigenvalue weighted by Crippen LogP contribution is -2.37. The molecule has 0 spiro atoms. The van der Waals surface area contributed by atoms with E-state index in [2.05, 4.69) is 49.6 Å². The summed E-state index contributed by atoms with van der Waals surface area (Å²) < 4.78 is 19.6. The van der Waals surface area contributed by atoms with E-state index in [4.69, 9.17) is 14.2 Å². The Morgan fingerprint density at radius 2 is 1.87 bits per heavy atom. The van der Waals surface area contributed by atoms with Gasteiger partial charge in [-0.3, -0.25) is 4.79 Å². The maximum Gasteiger partial charge on any atom is 0.343 e. The fourth-order valence-electron chi connectivity index (χ4n) is 5.07. The molecule has 6 heteroatoms. The monoisotopic (exact) mass is 517 g/mol. The van der Waals surface area contributed by atoms with Crippen molar-refractivity contribution in [3.8, 4) is 17.0 Å². The van der Waals surface area contributed by atoms with Crippen LogP contribution in [0.3, 0.4) is 0 Å². The third kappa shape index (κ3) is 6.02. The number of hydrogen-bond donors (Lipinski definition) is 0. The van der Waals surface area contributed by atoms with Gasteiger partial charge in [-0.05, 0) is 55.5 Å². The van der Waals surface area contributed by atoms with Crippen LogP contribution in [0.4, 0.5) is 0 Å². The fraction of sp³-hybridized carbons (Fsp3) is 0.438. The number of carbonyl (C=O) groups is 1. The number of esters is 1. The minimum Gasteiger partial charge on any atom is -0.493 e. The second kappa shape index (κ2) is 12.0. The molecule has 2 aromatic carbocycles. The number of ether oxygens (including phenoxy) is 3. The lowest BCUT2D eigenvalue weighted by molar-refractivity contribution is 0.0219. The van der Waals surface area contributed by atoms with Gasteiger partial charge < -0.3 is 18.8 Å². The van der Waals surface area contributed by atoms with Crippen molar-refractivity contribution in [2.75, 3.05) is 19.8 Å². The topological polar surface area (TPSA) is 66.8 Å². The van der Waals surface area contributed by atoms with Gasteiger partial charge in [-0.2, -0.15) is 0 Å². The van der Waals surface area contributed by atoms with E-state index >= 15 is 0 Å². The summed E-state index contributed by atoms with van der Waals surface area (Å²) in [7, 11) is 0. The van der Waals surface area contributed by atoms with Crippen LogP contribution < -0.4 is 10.2 Å². The van der Waals surface area contributed by atoms with Crippen molar-refractivity contribution >= 4 is 5.97 Å². The van der Waals surface area contributed by atoms with Gasteiger partial charge in [0.1, 0.15) is 11.3 Å². The van der Waals surface area contributed by atoms with E-state index in [1.54, 1.807) is 19.2 Å². The minimum absolute atomic E-state index is 0.0549. The molecule has 0 N–H and O–H groups in total. The summed E-state index contributed by atoms with van der Waals surface area (Å²) in [5.41, 5.74) is 4.49. The molecule has 0 bridgehead atoms. The summed E-state index contributed by atoms with van der Waals surface area (Å²) in [5.74, 6) is 0.291. The first-order chi connectivity index (χ1) is 18.2. The average molecular weight is 518 g/mol. The van der Waals surface area contributed by atoms with Crippen molar-refractivity contribution in [1.82, 2.24) is 4.57 Å². The van der Waals surface area contributed by atoms with Crippen molar-refractivity contribution in [3.63, 3.8) is 0 Å². The van der Waals surface area contributed by atoms with Gasteiger partial charge >= 0.3 is 5.97 Å². The van der Waals surface area contributed by atoms with Crippen LogP contribution in [0, 0.1) is 12.3 Å². The SMILES string of the molecule is CCCCOc1cc2c(cc1C)-c1cc(=O)c(C(=O)OCC)cn1C(C(C)(C)COCc1ccccc1)C2. The lowest BCUT2D eigenvalue weighted by atomic mass is 9.77. The number of unbranched alkanes of at least 4 members (excludes halogenated alkanes) is 1. The molecule has 2 heterocycles. The molecule has 0 radical (unpaired) electrons. The number of fused-ring (bicyclic) bond motifs is 3. The van der Waals surface area contributed by atoms with Gasteiger partial charge in [0.05, 0.1) is 32.1 Å². The zero-order valence-electron chi connectivity index (χ0n) is 23.2. The third-order valence-corrected chi connectivity index (χ3v) is 7.24. The summed E-state index contributed by atoms with van der Waals surface area (Å²) in [6, 6.07) is 15.9. The Labute approximate surface area is 225 Å². The molecule has 1 aliphatic rings. The molecule has 1 unspecified atom stereocenters. The van der Waals surface area contributed by atoms with Crippen LogP contribution in [-0.2, 0) is 22.5 Å². The van der Waals surface area contributed by atoms with E-state index in [1.807, 2.05) is 25.1 Å². The van der Waals surface area contributed by atoms with Crippen LogP contribution in [0.5, 0.6) is 5.75 Å². The molecule has 4 rings (SSSR count). The van der Waals surface area contributed by atoms with Crippen LogP contribution in [-0.4, -0.2) is 30.4 Å². The lowest BCUT2D eigenvalue weighted by Gasteiger charge is -2.41. The summed E-state index contributed by atoms with van der Waals surface area (Å²) in [6.07, 6.45) is 4.48. The molecule has 6 nitrogen and oxygen atoms in total. The zero-order valence-corrected chi connectivity index (χ0v) is 23.2. The van der Waals surface area contributed by atoms with Crippen molar-refractivity contribution in [2.24, 2.45) is 5.41 Å². The van der Waals surface area contributed by atoms with E-state index < -0.39 is 5.97 Å². The van der Waals surface area contributed by atoms with E-state index in [0.29, 0.717) is 19.8 Å². The van der Waals surface area contributed by atoms with Gasteiger partial charge in [0.2, 0.25) is 0 Å². The summed E-state index contributed by atoms with van der Waals surface area (Å²) in [4.78, 5) is 25.7. The molecular weight excluding hydrogens is 478 g/mol. The highest BCUT2D eigenvalue weighted by Crippen LogP contribution is 2.44. The average Bonchev–Trinajstić information content (AvgIpc) is 2.89. The van der Waals surface area contributed by atoms with Gasteiger partial charge in [-0.1, -0.05) is 57.5 Å². The van der Waals surface area contributed by atoms with Gasteiger partial charge in [-0.15, -0.1) is 0 Å². The Morgan fingerprint density at radius 1 is 1.11 bits per heavy atom. The molecule has 38 heavy (non-hydrogen) atoms. The number of aryl methyl sites for hydroxylation is 1. The van der Waals surface area contributed by atoms with Crippen molar-refractivity contribution < 1.29 is 19.0 Å². The normalized spacial score (nSPS) is 14.5. The third-order valence-electron chi connectivity index (χ3n) is 7.24. The number of carbonyl (C=O) groups excluding carboxylic acids is 1. The Morgan fingerprint density at radius 3 is 2.58 bits per heavy atom. The molecule has 0 aliphatic carbocycles. The molecule has 0 fully saturated rings. The Balaban J connectivity index is 1.73. The van der Waals surface area contributed by atoms with Crippen LogP contribution in [0.15, 0.2) is 59.5 Å². The first kappa shape index (κ1) is 27.6. The summed E-state index contributed by atoms with van der Waals surface area (Å²) in [5, 5.41) is 0. The van der Waals surface area contributed by atoms with Crippen LogP contribution in [0.1, 0.15) is 73.6 Å². The molecule has 1 atom stereocenters. The maximum absolute atomic E-state index is 13.1. The second-order valence-corrected chi connectivity index (χ2v) is 10.7. The predicted octanol–water partition coefficient (Wildman–Crippen LogP) is 6.52. The predicted molar refractivity (Wildman–Crippen MR) is 150 cm³/mol. The molecule has 3 aromatic rings. The van der Waals surface area contributed by atoms with E-state index in [1.165, 1.54) is 0 Å². The highest BCUT2D eigenvalue weighted by atomic mass is 16.5. The molecule has 1 aliphatic heterocycles. The van der Waals surface area contributed by atoms with Crippen molar-refractivity contribution in [2.45, 2.75) is 66.5 Å². The molecule has 0 amide bonds. The first-order valence-electron chi connectivity index (χ1n) is 13.6. The zero-order chi connectivity index (χ0) is 27.3. The van der Waals surface area contributed by atoms with Crippen molar-refractivity contribution in [3.05, 3.63) is 87.2 Å². The molecule has 202 valence electrons. The molecular formula is C32H39NO5. The standard InChI is InChI=1S/C32H39NO5/c1-6-8-14-38-29-16-24-17-30(32(4,5)21-36-20-23-12-10-9-11-13-23)33-19-26(31(35)37-7-2)28(34)18-27(33)25(24)15-22(29)3/h9-13,15-16,18-19,30H,6-8,14,17,20-21H2,1-5H3. The number of nitrogens with zero attached hydrogens (tertiary/aromatic N) is 1. The quantitative estimate of drug-likeness (QED) is 0.214. The van der Waals surface area contributed by atoms with Crippen LogP contribution in [0.25, 0.3) is 11.3 Å². The number of benzene rings is 2. The molecule has 0 saturated carbocycles. The Kier molecular flexibility index (Phi) is 8.72. The van der Waals surface area contributed by atoms with Gasteiger partial charge in [-0.25, -0.2) is 4.79 Å². The molecule has 0 saturated heterocycles. The number of aromatic nitrogens is 1. The summed E-state index contributed by atoms with van der Waals surface area (Å²) >= 11 is 0. The fourth-order valence-corrected chi connectivity index (χ4v) is 5.07. The van der Waals surface area contributed by atoms with E-state index in [-0.39, 0.29) is 29.1 Å². The summed E-state index contributed by atoms with van der Waals surface area (Å²) in [6.45, 7) is 12.2.